The normalized spacial score (nSPS) is 17.8. The first kappa shape index (κ1) is 28.6. The molecule has 0 saturated heterocycles. The molecule has 3 N–H and O–H groups in total. The highest BCUT2D eigenvalue weighted by Crippen LogP contribution is 2.26. The Morgan fingerprint density at radius 2 is 1.69 bits per heavy atom. The van der Waals surface area contributed by atoms with Gasteiger partial charge in [0.25, 0.3) is 5.91 Å². The van der Waals surface area contributed by atoms with E-state index in [0.717, 1.165) is 12.1 Å². The van der Waals surface area contributed by atoms with E-state index in [1.165, 1.54) is 12.3 Å². The summed E-state index contributed by atoms with van der Waals surface area (Å²) in [5.74, 6) is -5.75. The summed E-state index contributed by atoms with van der Waals surface area (Å²) in [6, 6.07) is 3.37. The molecule has 3 rings (SSSR count). The van der Waals surface area contributed by atoms with Gasteiger partial charge in [-0.1, -0.05) is 0 Å². The van der Waals surface area contributed by atoms with Gasteiger partial charge >= 0.3 is 24.7 Å². The molecule has 1 saturated carbocycles. The topological polar surface area (TPSA) is 135 Å². The van der Waals surface area contributed by atoms with Crippen LogP contribution in [0.4, 0.5) is 26.3 Å². The van der Waals surface area contributed by atoms with Crippen molar-refractivity contribution in [3.05, 3.63) is 35.8 Å². The van der Waals surface area contributed by atoms with Crippen LogP contribution in [0.15, 0.2) is 24.4 Å². The highest BCUT2D eigenvalue weighted by atomic mass is 19.4. The fourth-order valence-electron chi connectivity index (χ4n) is 3.27. The van der Waals surface area contributed by atoms with Gasteiger partial charge in [-0.2, -0.15) is 22.0 Å². The zero-order valence-corrected chi connectivity index (χ0v) is 18.2. The van der Waals surface area contributed by atoms with Gasteiger partial charge < -0.3 is 25.0 Å². The summed E-state index contributed by atoms with van der Waals surface area (Å²) in [7, 11) is 0. The first-order valence-electron chi connectivity index (χ1n) is 10.2. The molecule has 0 bridgehead atoms. The summed E-state index contributed by atoms with van der Waals surface area (Å²) in [6.45, 7) is -3.50. The minimum absolute atomic E-state index is 0.0959. The highest BCUT2D eigenvalue weighted by molar-refractivity contribution is 5.97. The molecule has 198 valence electrons. The van der Waals surface area contributed by atoms with Crippen molar-refractivity contribution in [3.63, 3.8) is 0 Å². The maximum Gasteiger partial charge on any atom is 0.490 e. The highest BCUT2D eigenvalue weighted by Gasteiger charge is 2.38. The molecule has 36 heavy (non-hydrogen) atoms. The van der Waals surface area contributed by atoms with E-state index in [1.807, 2.05) is 0 Å². The van der Waals surface area contributed by atoms with Crippen molar-refractivity contribution in [2.24, 2.45) is 0 Å². The summed E-state index contributed by atoms with van der Waals surface area (Å²) < 4.78 is 79.6. The van der Waals surface area contributed by atoms with Crippen molar-refractivity contribution in [2.45, 2.75) is 50.6 Å². The number of aromatic nitrogens is 1. The summed E-state index contributed by atoms with van der Waals surface area (Å²) in [5.41, 5.74) is 0.429. The number of hydrogen-bond acceptors (Lipinski definition) is 6. The van der Waals surface area contributed by atoms with Crippen LogP contribution in [0.25, 0.3) is 10.9 Å². The number of amides is 1. The van der Waals surface area contributed by atoms with E-state index in [4.69, 9.17) is 19.7 Å². The molecule has 1 fully saturated rings. The van der Waals surface area contributed by atoms with Gasteiger partial charge in [0, 0.05) is 23.7 Å². The largest absolute Gasteiger partial charge is 0.490 e. The number of hydrogen-bond donors (Lipinski definition) is 3. The molecule has 0 spiro atoms. The minimum atomic E-state index is -5.08. The predicted octanol–water partition coefficient (Wildman–Crippen LogP) is 3.75. The van der Waals surface area contributed by atoms with E-state index in [2.05, 4.69) is 15.0 Å². The lowest BCUT2D eigenvalue weighted by Gasteiger charge is -2.28. The Labute approximate surface area is 199 Å². The maximum absolute atomic E-state index is 13.9. The number of nitrogens with zero attached hydrogens (tertiary/aromatic N) is 1. The van der Waals surface area contributed by atoms with Crippen molar-refractivity contribution in [1.82, 2.24) is 10.3 Å². The predicted molar refractivity (Wildman–Crippen MR) is 109 cm³/mol. The van der Waals surface area contributed by atoms with Crippen LogP contribution in [0.2, 0.25) is 0 Å². The van der Waals surface area contributed by atoms with E-state index >= 15 is 0 Å². The number of alkyl halides is 5. The van der Waals surface area contributed by atoms with Crippen LogP contribution in [0.5, 0.6) is 5.75 Å². The molecule has 2 aromatic rings. The van der Waals surface area contributed by atoms with E-state index < -0.39 is 36.3 Å². The van der Waals surface area contributed by atoms with Gasteiger partial charge in [0.05, 0.1) is 17.2 Å². The Balaban J connectivity index is 0.000000572. The van der Waals surface area contributed by atoms with Crippen LogP contribution in [-0.4, -0.2) is 64.6 Å². The van der Waals surface area contributed by atoms with Crippen molar-refractivity contribution in [2.75, 3.05) is 6.61 Å². The second kappa shape index (κ2) is 12.4. The maximum atomic E-state index is 13.9. The quantitative estimate of drug-likeness (QED) is 0.465. The molecule has 1 aliphatic carbocycles. The van der Waals surface area contributed by atoms with Crippen LogP contribution < -0.4 is 10.1 Å². The fraction of sp³-hybridized carbons (Fsp3) is 0.429. The number of ether oxygens (including phenoxy) is 2. The lowest BCUT2D eigenvalue weighted by molar-refractivity contribution is -0.192. The average Bonchev–Trinajstić information content (AvgIpc) is 2.78. The number of halogens is 6. The SMILES string of the molecule is O=C(O)C(F)(F)F.O=C(O)CO[C@H]1CC[C@H](NC(=O)c2cnc3cc(OC(F)F)c(F)cc3c2)CC1. The van der Waals surface area contributed by atoms with Crippen molar-refractivity contribution in [3.8, 4) is 5.75 Å². The molecule has 9 nitrogen and oxygen atoms in total. The van der Waals surface area contributed by atoms with Gasteiger partial charge in [-0.25, -0.2) is 14.0 Å². The number of nitrogens with one attached hydrogen (secondary N) is 1. The number of pyridine rings is 1. The van der Waals surface area contributed by atoms with Crippen LogP contribution in [0.1, 0.15) is 36.0 Å². The van der Waals surface area contributed by atoms with E-state index in [0.29, 0.717) is 25.7 Å². The number of carbonyl (C=O) groups excluding carboxylic acids is 1. The number of benzene rings is 1. The molecular weight excluding hydrogens is 506 g/mol. The van der Waals surface area contributed by atoms with Crippen LogP contribution >= 0.6 is 0 Å². The van der Waals surface area contributed by atoms with Crippen molar-refractivity contribution < 1.29 is 60.4 Å². The summed E-state index contributed by atoms with van der Waals surface area (Å²) in [5, 5.41) is 18.9. The Morgan fingerprint density at radius 1 is 1.08 bits per heavy atom. The molecule has 1 heterocycles. The van der Waals surface area contributed by atoms with E-state index in [9.17, 15) is 35.9 Å². The number of aliphatic carboxylic acids is 2. The summed E-state index contributed by atoms with van der Waals surface area (Å²) >= 11 is 0. The molecule has 0 atom stereocenters. The number of carboxylic acids is 2. The second-order valence-corrected chi connectivity index (χ2v) is 7.53. The third kappa shape index (κ3) is 8.87. The third-order valence-electron chi connectivity index (χ3n) is 4.91. The fourth-order valence-corrected chi connectivity index (χ4v) is 3.27. The standard InChI is InChI=1S/C19H19F3N2O5.C2HF3O2/c20-14-6-10-5-11(8-23-15(10)7-16(14)29-19(21)22)18(27)24-12-1-3-13(4-2-12)28-9-17(25)26;3-2(4,5)1(6)7/h5-8,12-13,19H,1-4,9H2,(H,24,27)(H,25,26);(H,6,7)/t12-,13-;. The minimum Gasteiger partial charge on any atom is -0.480 e. The molecule has 1 amide bonds. The van der Waals surface area contributed by atoms with E-state index in [-0.39, 0.29) is 41.1 Å². The lowest BCUT2D eigenvalue weighted by Crippen LogP contribution is -2.39. The van der Waals surface area contributed by atoms with Gasteiger partial charge in [0.2, 0.25) is 0 Å². The summed E-state index contributed by atoms with van der Waals surface area (Å²) in [4.78, 5) is 35.9. The molecule has 1 aromatic heterocycles. The first-order valence-corrected chi connectivity index (χ1v) is 10.2. The smallest absolute Gasteiger partial charge is 0.480 e. The average molecular weight is 526 g/mol. The Morgan fingerprint density at radius 3 is 2.22 bits per heavy atom. The number of carbonyl (C=O) groups is 3. The van der Waals surface area contributed by atoms with Gasteiger partial charge in [-0.3, -0.25) is 9.78 Å². The Hall–Kier alpha value is -3.62. The molecule has 15 heteroatoms. The summed E-state index contributed by atoms with van der Waals surface area (Å²) in [6.07, 6.45) is -1.41. The molecule has 0 unspecified atom stereocenters. The molecule has 1 aliphatic rings. The number of rotatable bonds is 7. The van der Waals surface area contributed by atoms with Gasteiger partial charge in [-0.05, 0) is 37.8 Å². The molecule has 0 aliphatic heterocycles. The van der Waals surface area contributed by atoms with Gasteiger partial charge in [0.15, 0.2) is 11.6 Å². The zero-order chi connectivity index (χ0) is 27.0. The first-order chi connectivity index (χ1) is 16.8. The van der Waals surface area contributed by atoms with Crippen molar-refractivity contribution >= 4 is 28.7 Å². The zero-order valence-electron chi connectivity index (χ0n) is 18.2. The van der Waals surface area contributed by atoms with Crippen LogP contribution in [-0.2, 0) is 14.3 Å². The monoisotopic (exact) mass is 526 g/mol. The lowest BCUT2D eigenvalue weighted by atomic mass is 9.92. The van der Waals surface area contributed by atoms with Gasteiger partial charge in [-0.15, -0.1) is 0 Å². The van der Waals surface area contributed by atoms with Crippen LogP contribution in [0, 0.1) is 5.82 Å². The Bertz CT molecular complexity index is 1090. The van der Waals surface area contributed by atoms with Gasteiger partial charge in [0.1, 0.15) is 6.61 Å². The second-order valence-electron chi connectivity index (χ2n) is 7.53. The molecule has 1 aromatic carbocycles. The van der Waals surface area contributed by atoms with Crippen LogP contribution in [0.3, 0.4) is 0 Å². The number of carboxylic acid groups (broad SMARTS) is 2. The van der Waals surface area contributed by atoms with E-state index in [1.54, 1.807) is 0 Å². The van der Waals surface area contributed by atoms with Crippen molar-refractivity contribution in [1.29, 1.82) is 0 Å². The molecular formula is C21H20F6N2O7. The number of fused-ring (bicyclic) bond motifs is 1. The Kier molecular flexibility index (Phi) is 9.84. The third-order valence-corrected chi connectivity index (χ3v) is 4.91. The molecule has 0 radical (unpaired) electrons.